The van der Waals surface area contributed by atoms with E-state index in [1.807, 2.05) is 36.4 Å². The maximum absolute atomic E-state index is 6.21. The Morgan fingerprint density at radius 2 is 1.81 bits per heavy atom. The third kappa shape index (κ3) is 2.75. The van der Waals surface area contributed by atoms with Crippen LogP contribution in [0.2, 0.25) is 0 Å². The molecule has 106 valence electrons. The number of nitrogens with zero attached hydrogens (tertiary/aromatic N) is 3. The standard InChI is InChI=1S/C15H15N5O/c1-21-12-4-2-10(3-5-12)13(16)15-18-14(19-20-15)11-6-8-17-9-7-11/h2-9,13H,16H2,1H3,(H,18,19,20)/t13-/m0/s1. The van der Waals surface area contributed by atoms with Gasteiger partial charge in [-0.15, -0.1) is 0 Å². The number of benzene rings is 1. The van der Waals surface area contributed by atoms with Crippen LogP contribution in [0.3, 0.4) is 0 Å². The molecule has 2 heterocycles. The summed E-state index contributed by atoms with van der Waals surface area (Å²) in [7, 11) is 1.63. The molecule has 3 rings (SSSR count). The van der Waals surface area contributed by atoms with Crippen molar-refractivity contribution >= 4 is 0 Å². The van der Waals surface area contributed by atoms with Crippen molar-refractivity contribution in [1.29, 1.82) is 0 Å². The van der Waals surface area contributed by atoms with Crippen molar-refractivity contribution in [3.8, 4) is 17.1 Å². The molecular weight excluding hydrogens is 266 g/mol. The van der Waals surface area contributed by atoms with Gasteiger partial charge in [-0.1, -0.05) is 12.1 Å². The highest BCUT2D eigenvalue weighted by atomic mass is 16.5. The van der Waals surface area contributed by atoms with Gasteiger partial charge in [-0.05, 0) is 29.8 Å². The second-order valence-corrected chi connectivity index (χ2v) is 4.53. The Morgan fingerprint density at radius 1 is 1.10 bits per heavy atom. The lowest BCUT2D eigenvalue weighted by Crippen LogP contribution is -2.13. The van der Waals surface area contributed by atoms with Crippen molar-refractivity contribution in [2.75, 3.05) is 7.11 Å². The van der Waals surface area contributed by atoms with E-state index >= 15 is 0 Å². The average molecular weight is 281 g/mol. The van der Waals surface area contributed by atoms with Gasteiger partial charge in [0.15, 0.2) is 5.82 Å². The van der Waals surface area contributed by atoms with Crippen molar-refractivity contribution in [3.05, 3.63) is 60.2 Å². The molecule has 3 aromatic rings. The third-order valence-electron chi connectivity index (χ3n) is 3.21. The van der Waals surface area contributed by atoms with Crippen molar-refractivity contribution in [2.24, 2.45) is 5.73 Å². The number of hydrogen-bond donors (Lipinski definition) is 2. The first kappa shape index (κ1) is 13.3. The van der Waals surface area contributed by atoms with Gasteiger partial charge in [-0.3, -0.25) is 10.1 Å². The Balaban J connectivity index is 1.85. The van der Waals surface area contributed by atoms with Crippen LogP contribution < -0.4 is 10.5 Å². The molecule has 6 heteroatoms. The van der Waals surface area contributed by atoms with Crippen LogP contribution in [0.5, 0.6) is 5.75 Å². The van der Waals surface area contributed by atoms with E-state index in [9.17, 15) is 0 Å². The molecule has 0 saturated heterocycles. The maximum atomic E-state index is 6.21. The van der Waals surface area contributed by atoms with E-state index in [0.717, 1.165) is 16.9 Å². The normalized spacial score (nSPS) is 12.1. The number of ether oxygens (including phenoxy) is 1. The fourth-order valence-electron chi connectivity index (χ4n) is 2.01. The van der Waals surface area contributed by atoms with Crippen LogP contribution in [0.1, 0.15) is 17.4 Å². The highest BCUT2D eigenvalue weighted by Crippen LogP contribution is 2.21. The molecule has 0 aliphatic carbocycles. The lowest BCUT2D eigenvalue weighted by molar-refractivity contribution is 0.414. The first-order valence-corrected chi connectivity index (χ1v) is 6.50. The molecule has 3 N–H and O–H groups in total. The number of aromatic nitrogens is 4. The van der Waals surface area contributed by atoms with Crippen LogP contribution in [-0.4, -0.2) is 27.3 Å². The molecule has 1 atom stereocenters. The lowest BCUT2D eigenvalue weighted by atomic mass is 10.1. The van der Waals surface area contributed by atoms with E-state index < -0.39 is 0 Å². The molecular formula is C15H15N5O. The first-order valence-electron chi connectivity index (χ1n) is 6.50. The zero-order chi connectivity index (χ0) is 14.7. The molecule has 0 spiro atoms. The fourth-order valence-corrected chi connectivity index (χ4v) is 2.01. The Bertz CT molecular complexity index is 708. The third-order valence-corrected chi connectivity index (χ3v) is 3.21. The number of hydrogen-bond acceptors (Lipinski definition) is 5. The Hall–Kier alpha value is -2.73. The average Bonchev–Trinajstić information content (AvgIpc) is 3.05. The van der Waals surface area contributed by atoms with E-state index in [1.54, 1.807) is 19.5 Å². The molecule has 0 aliphatic heterocycles. The molecule has 0 fully saturated rings. The van der Waals surface area contributed by atoms with Crippen LogP contribution in [0.25, 0.3) is 11.4 Å². The van der Waals surface area contributed by atoms with Gasteiger partial charge in [0.2, 0.25) is 0 Å². The van der Waals surface area contributed by atoms with Gasteiger partial charge in [0.25, 0.3) is 0 Å². The second kappa shape index (κ2) is 5.72. The minimum absolute atomic E-state index is 0.362. The first-order chi connectivity index (χ1) is 10.3. The van der Waals surface area contributed by atoms with Gasteiger partial charge in [0, 0.05) is 18.0 Å². The second-order valence-electron chi connectivity index (χ2n) is 4.53. The molecule has 1 aromatic carbocycles. The lowest BCUT2D eigenvalue weighted by Gasteiger charge is -2.09. The highest BCUT2D eigenvalue weighted by molar-refractivity contribution is 5.53. The summed E-state index contributed by atoms with van der Waals surface area (Å²) in [6.07, 6.45) is 3.41. The smallest absolute Gasteiger partial charge is 0.181 e. The summed E-state index contributed by atoms with van der Waals surface area (Å²) >= 11 is 0. The number of nitrogens with two attached hydrogens (primary N) is 1. The number of nitrogens with one attached hydrogen (secondary N) is 1. The van der Waals surface area contributed by atoms with Gasteiger partial charge in [0.05, 0.1) is 13.2 Å². The fraction of sp³-hybridized carbons (Fsp3) is 0.133. The maximum Gasteiger partial charge on any atom is 0.181 e. The van der Waals surface area contributed by atoms with Crippen molar-refractivity contribution in [2.45, 2.75) is 6.04 Å². The molecule has 0 saturated carbocycles. The number of pyridine rings is 1. The van der Waals surface area contributed by atoms with Crippen molar-refractivity contribution in [1.82, 2.24) is 20.2 Å². The quantitative estimate of drug-likeness (QED) is 0.762. The molecule has 0 bridgehead atoms. The van der Waals surface area contributed by atoms with E-state index in [1.165, 1.54) is 0 Å². The van der Waals surface area contributed by atoms with Crippen LogP contribution in [0.4, 0.5) is 0 Å². The number of rotatable bonds is 4. The molecule has 0 aliphatic rings. The predicted octanol–water partition coefficient (Wildman–Crippen LogP) is 1.92. The zero-order valence-corrected chi connectivity index (χ0v) is 11.5. The van der Waals surface area contributed by atoms with Gasteiger partial charge in [0.1, 0.15) is 11.6 Å². The van der Waals surface area contributed by atoms with Crippen molar-refractivity contribution < 1.29 is 4.74 Å². The Kier molecular flexibility index (Phi) is 3.61. The van der Waals surface area contributed by atoms with Crippen molar-refractivity contribution in [3.63, 3.8) is 0 Å². The summed E-state index contributed by atoms with van der Waals surface area (Å²) in [4.78, 5) is 8.42. The van der Waals surface area contributed by atoms with Crippen LogP contribution >= 0.6 is 0 Å². The van der Waals surface area contributed by atoms with Crippen LogP contribution in [0.15, 0.2) is 48.8 Å². The Morgan fingerprint density at radius 3 is 2.48 bits per heavy atom. The van der Waals surface area contributed by atoms with Gasteiger partial charge in [-0.2, -0.15) is 5.10 Å². The number of methoxy groups -OCH3 is 1. The SMILES string of the molecule is COc1ccc([C@H](N)c2nc(-c3ccncc3)n[nH]2)cc1. The summed E-state index contributed by atoms with van der Waals surface area (Å²) in [6, 6.07) is 10.9. The minimum Gasteiger partial charge on any atom is -0.497 e. The predicted molar refractivity (Wildman–Crippen MR) is 78.6 cm³/mol. The summed E-state index contributed by atoms with van der Waals surface area (Å²) in [5.74, 6) is 2.02. The van der Waals surface area contributed by atoms with E-state index in [0.29, 0.717) is 11.6 Å². The summed E-state index contributed by atoms with van der Waals surface area (Å²) in [5, 5.41) is 7.09. The van der Waals surface area contributed by atoms with E-state index in [-0.39, 0.29) is 6.04 Å². The van der Waals surface area contributed by atoms with Crippen LogP contribution in [-0.2, 0) is 0 Å². The molecule has 0 unspecified atom stereocenters. The largest absolute Gasteiger partial charge is 0.497 e. The van der Waals surface area contributed by atoms with Gasteiger partial charge < -0.3 is 10.5 Å². The van der Waals surface area contributed by atoms with E-state index in [4.69, 9.17) is 10.5 Å². The number of H-pyrrole nitrogens is 1. The summed E-state index contributed by atoms with van der Waals surface area (Å²) in [5.41, 5.74) is 8.05. The van der Waals surface area contributed by atoms with Gasteiger partial charge >= 0.3 is 0 Å². The topological polar surface area (TPSA) is 89.7 Å². The molecule has 21 heavy (non-hydrogen) atoms. The zero-order valence-electron chi connectivity index (χ0n) is 11.5. The molecule has 0 radical (unpaired) electrons. The van der Waals surface area contributed by atoms with Gasteiger partial charge in [-0.25, -0.2) is 4.98 Å². The number of aromatic amines is 1. The summed E-state index contributed by atoms with van der Waals surface area (Å²) < 4.78 is 5.13. The molecule has 0 amide bonds. The minimum atomic E-state index is -0.362. The molecule has 2 aromatic heterocycles. The monoisotopic (exact) mass is 281 g/mol. The summed E-state index contributed by atoms with van der Waals surface area (Å²) in [6.45, 7) is 0. The Labute approximate surface area is 122 Å². The molecule has 6 nitrogen and oxygen atoms in total. The van der Waals surface area contributed by atoms with E-state index in [2.05, 4.69) is 20.2 Å². The van der Waals surface area contributed by atoms with Crippen LogP contribution in [0, 0.1) is 0 Å². The highest BCUT2D eigenvalue weighted by Gasteiger charge is 2.14.